The minimum atomic E-state index is -2.12. The summed E-state index contributed by atoms with van der Waals surface area (Å²) in [5.41, 5.74) is 2.40. The van der Waals surface area contributed by atoms with Gasteiger partial charge < -0.3 is 28.5 Å². The Balaban J connectivity index is 3.42. The molecular weight excluding hydrogens is 580 g/mol. The minimum Gasteiger partial charge on any atom is -0.497 e. The number of methoxy groups -OCH3 is 2. The molecule has 0 bridgehead atoms. The maximum absolute atomic E-state index is 9.85. The fourth-order valence-electron chi connectivity index (χ4n) is 5.83. The Bertz CT molecular complexity index is 1030. The molecule has 0 heterocycles. The Labute approximate surface area is 277 Å². The van der Waals surface area contributed by atoms with Gasteiger partial charge in [-0.3, -0.25) is 0 Å². The van der Waals surface area contributed by atoms with Crippen molar-refractivity contribution in [2.24, 2.45) is 29.6 Å². The average molecular weight is 647 g/mol. The van der Waals surface area contributed by atoms with E-state index in [-0.39, 0.29) is 66.3 Å². The third kappa shape index (κ3) is 13.5. The smallest absolute Gasteiger partial charge is 0.192 e. The molecule has 0 saturated carbocycles. The van der Waals surface area contributed by atoms with Crippen LogP contribution in [0.3, 0.4) is 0 Å². The first-order chi connectivity index (χ1) is 21.0. The van der Waals surface area contributed by atoms with Crippen LogP contribution in [0.25, 0.3) is 0 Å². The molecule has 0 aromatic heterocycles. The molecule has 1 rings (SSSR count). The van der Waals surface area contributed by atoms with Crippen LogP contribution in [0.1, 0.15) is 74.3 Å². The topological polar surface area (TPSA) is 66.4 Å². The van der Waals surface area contributed by atoms with Gasteiger partial charge in [-0.2, -0.15) is 0 Å². The average Bonchev–Trinajstić information content (AvgIpc) is 2.98. The van der Waals surface area contributed by atoms with E-state index in [4.69, 9.17) is 23.4 Å². The second kappa shape index (κ2) is 19.8. The Hall–Kier alpha value is -1.74. The molecule has 0 aliphatic rings. The Morgan fingerprint density at radius 2 is 1.53 bits per heavy atom. The summed E-state index contributed by atoms with van der Waals surface area (Å²) in [5.74, 6) is 1.48. The molecule has 0 fully saturated rings. The van der Waals surface area contributed by atoms with Crippen LogP contribution in [-0.2, 0) is 25.2 Å². The standard InChI is InChI=1S/C38H66O6Si/c1-15-16-17-28(3)36(42-25-33-18-20-34(41-12)21-19-33)32(7)37(44-45(13,14)38(8,9)10)30(5)23-27(2)22-29(4)35(31(6)24-39)43-26-40-11/h15-22,28-32,35-37,39H,1,23-26H2,2-14H3/t28-,29-,30-,31-,32+,35+,36-,37+/m0/s1. The monoisotopic (exact) mass is 646 g/mol. The van der Waals surface area contributed by atoms with Crippen molar-refractivity contribution in [3.63, 3.8) is 0 Å². The summed E-state index contributed by atoms with van der Waals surface area (Å²) in [7, 11) is 1.19. The van der Waals surface area contributed by atoms with Gasteiger partial charge in [-0.25, -0.2) is 0 Å². The van der Waals surface area contributed by atoms with Gasteiger partial charge in [-0.15, -0.1) is 0 Å². The predicted molar refractivity (Wildman–Crippen MR) is 191 cm³/mol. The van der Waals surface area contributed by atoms with Crippen LogP contribution in [0.15, 0.2) is 60.7 Å². The first-order valence-electron chi connectivity index (χ1n) is 16.6. The molecule has 0 amide bonds. The van der Waals surface area contributed by atoms with Crippen molar-refractivity contribution in [2.45, 2.75) is 112 Å². The molecular formula is C38H66O6Si. The maximum Gasteiger partial charge on any atom is 0.192 e. The van der Waals surface area contributed by atoms with Crippen LogP contribution in [0.4, 0.5) is 0 Å². The van der Waals surface area contributed by atoms with Crippen LogP contribution >= 0.6 is 0 Å². The van der Waals surface area contributed by atoms with Crippen molar-refractivity contribution in [1.29, 1.82) is 0 Å². The highest BCUT2D eigenvalue weighted by atomic mass is 28.4. The largest absolute Gasteiger partial charge is 0.497 e. The van der Waals surface area contributed by atoms with E-state index in [1.807, 2.05) is 31.2 Å². The molecule has 0 radical (unpaired) electrons. The zero-order valence-corrected chi connectivity index (χ0v) is 31.8. The Morgan fingerprint density at radius 3 is 2.04 bits per heavy atom. The summed E-state index contributed by atoms with van der Waals surface area (Å²) in [4.78, 5) is 0. The van der Waals surface area contributed by atoms with Gasteiger partial charge >= 0.3 is 0 Å². The third-order valence-electron chi connectivity index (χ3n) is 9.44. The lowest BCUT2D eigenvalue weighted by Gasteiger charge is -2.45. The van der Waals surface area contributed by atoms with Crippen LogP contribution in [0, 0.1) is 29.6 Å². The molecule has 0 spiro atoms. The quantitative estimate of drug-likeness (QED) is 0.0622. The fourth-order valence-corrected chi connectivity index (χ4v) is 7.31. The van der Waals surface area contributed by atoms with Crippen molar-refractivity contribution in [1.82, 2.24) is 0 Å². The number of aliphatic hydroxyl groups is 1. The van der Waals surface area contributed by atoms with Crippen molar-refractivity contribution in [2.75, 3.05) is 27.6 Å². The molecule has 8 atom stereocenters. The molecule has 1 aromatic rings. The van der Waals surface area contributed by atoms with Crippen molar-refractivity contribution in [3.05, 3.63) is 66.3 Å². The van der Waals surface area contributed by atoms with E-state index in [1.165, 1.54) is 5.57 Å². The van der Waals surface area contributed by atoms with Gasteiger partial charge in [-0.1, -0.05) is 104 Å². The highest BCUT2D eigenvalue weighted by Crippen LogP contribution is 2.41. The maximum atomic E-state index is 9.85. The van der Waals surface area contributed by atoms with E-state index in [2.05, 4.69) is 99.3 Å². The summed E-state index contributed by atoms with van der Waals surface area (Å²) in [6.07, 6.45) is 8.99. The summed E-state index contributed by atoms with van der Waals surface area (Å²) in [6, 6.07) is 8.08. The van der Waals surface area contributed by atoms with Gasteiger partial charge in [0, 0.05) is 37.4 Å². The molecule has 45 heavy (non-hydrogen) atoms. The van der Waals surface area contributed by atoms with E-state index in [9.17, 15) is 5.11 Å². The molecule has 1 aromatic carbocycles. The number of rotatable bonds is 21. The third-order valence-corrected chi connectivity index (χ3v) is 13.9. The van der Waals surface area contributed by atoms with Crippen LogP contribution in [-0.4, -0.2) is 59.4 Å². The number of hydrogen-bond donors (Lipinski definition) is 1. The molecule has 0 unspecified atom stereocenters. The van der Waals surface area contributed by atoms with Gasteiger partial charge in [0.15, 0.2) is 8.32 Å². The lowest BCUT2D eigenvalue weighted by Crippen LogP contribution is -2.50. The Kier molecular flexibility index (Phi) is 18.2. The number of benzene rings is 1. The van der Waals surface area contributed by atoms with Gasteiger partial charge in [0.25, 0.3) is 0 Å². The normalized spacial score (nSPS) is 18.6. The van der Waals surface area contributed by atoms with E-state index >= 15 is 0 Å². The summed E-state index contributed by atoms with van der Waals surface area (Å²) >= 11 is 0. The van der Waals surface area contributed by atoms with Crippen molar-refractivity contribution < 1.29 is 28.5 Å². The SMILES string of the molecule is C=CC=C[C@H](C)[C@H](OCc1ccc(OC)cc1)[C@@H](C)[C@H](O[Si](C)(C)C(C)(C)C)[C@@H](C)CC(C)=C[C@H](C)[C@@H](OCOC)[C@@H](C)CO. The minimum absolute atomic E-state index is 0.0000268. The van der Waals surface area contributed by atoms with Crippen molar-refractivity contribution in [3.8, 4) is 5.75 Å². The molecule has 0 aliphatic heterocycles. The molecule has 7 heteroatoms. The highest BCUT2D eigenvalue weighted by molar-refractivity contribution is 6.74. The van der Waals surface area contributed by atoms with Crippen LogP contribution < -0.4 is 4.74 Å². The number of allylic oxidation sites excluding steroid dienone is 3. The second-order valence-corrected chi connectivity index (χ2v) is 19.3. The fraction of sp³-hybridized carbons (Fsp3) is 0.684. The predicted octanol–water partition coefficient (Wildman–Crippen LogP) is 9.21. The van der Waals surface area contributed by atoms with E-state index in [0.29, 0.717) is 6.61 Å². The first-order valence-corrected chi connectivity index (χ1v) is 19.5. The van der Waals surface area contributed by atoms with Crippen LogP contribution in [0.5, 0.6) is 5.75 Å². The van der Waals surface area contributed by atoms with Gasteiger partial charge in [-0.05, 0) is 55.1 Å². The lowest BCUT2D eigenvalue weighted by molar-refractivity contribution is -0.107. The summed E-state index contributed by atoms with van der Waals surface area (Å²) < 4.78 is 30.6. The van der Waals surface area contributed by atoms with E-state index in [1.54, 1.807) is 14.2 Å². The van der Waals surface area contributed by atoms with E-state index in [0.717, 1.165) is 17.7 Å². The summed E-state index contributed by atoms with van der Waals surface area (Å²) in [5, 5.41) is 9.92. The molecule has 6 nitrogen and oxygen atoms in total. The van der Waals surface area contributed by atoms with Gasteiger partial charge in [0.05, 0.1) is 32.0 Å². The molecule has 1 N–H and O–H groups in total. The number of aliphatic hydroxyl groups excluding tert-OH is 1. The first kappa shape index (κ1) is 41.3. The molecule has 258 valence electrons. The van der Waals surface area contributed by atoms with Gasteiger partial charge in [0.2, 0.25) is 0 Å². The lowest BCUT2D eigenvalue weighted by atomic mass is 9.81. The van der Waals surface area contributed by atoms with Crippen LogP contribution in [0.2, 0.25) is 18.1 Å². The number of hydrogen-bond acceptors (Lipinski definition) is 6. The molecule has 0 aliphatic carbocycles. The van der Waals surface area contributed by atoms with Gasteiger partial charge in [0.1, 0.15) is 12.5 Å². The van der Waals surface area contributed by atoms with Crippen molar-refractivity contribution >= 4 is 8.32 Å². The molecule has 0 saturated heterocycles. The Morgan fingerprint density at radius 1 is 0.911 bits per heavy atom. The van der Waals surface area contributed by atoms with E-state index < -0.39 is 8.32 Å². The number of ether oxygens (including phenoxy) is 4. The zero-order valence-electron chi connectivity index (χ0n) is 30.8. The second-order valence-electron chi connectivity index (χ2n) is 14.6. The summed E-state index contributed by atoms with van der Waals surface area (Å²) in [6.45, 7) is 29.5. The highest BCUT2D eigenvalue weighted by Gasteiger charge is 2.43. The zero-order chi connectivity index (χ0) is 34.4.